The number of halogens is 1. The molecule has 0 bridgehead atoms. The summed E-state index contributed by atoms with van der Waals surface area (Å²) in [4.78, 5) is 2.31. The molecule has 0 aromatic heterocycles. The van der Waals surface area contributed by atoms with E-state index in [9.17, 15) is 0 Å². The van der Waals surface area contributed by atoms with Crippen molar-refractivity contribution in [3.63, 3.8) is 0 Å². The van der Waals surface area contributed by atoms with Crippen LogP contribution in [0, 0.1) is 0 Å². The Bertz CT molecular complexity index is 468. The van der Waals surface area contributed by atoms with Crippen LogP contribution in [0.4, 0.5) is 0 Å². The molecule has 1 aromatic rings. The Morgan fingerprint density at radius 1 is 1.19 bits per heavy atom. The molecule has 3 nitrogen and oxygen atoms in total. The molecule has 0 heterocycles. The first-order chi connectivity index (χ1) is 10.0. The molecular formula is C17H27ClN2O. The quantitative estimate of drug-likeness (QED) is 0.854. The van der Waals surface area contributed by atoms with Crippen LogP contribution in [-0.4, -0.2) is 31.6 Å². The first kappa shape index (κ1) is 16.6. The summed E-state index contributed by atoms with van der Waals surface area (Å²) in [6.45, 7) is 0. The molecule has 1 unspecified atom stereocenters. The van der Waals surface area contributed by atoms with Gasteiger partial charge in [-0.25, -0.2) is 0 Å². The van der Waals surface area contributed by atoms with Gasteiger partial charge in [-0.2, -0.15) is 0 Å². The third-order valence-corrected chi connectivity index (χ3v) is 5.20. The predicted molar refractivity (Wildman–Crippen MR) is 89.1 cm³/mol. The molecule has 1 atom stereocenters. The second-order valence-electron chi connectivity index (χ2n) is 6.28. The number of methoxy groups -OCH3 is 1. The zero-order chi connectivity index (χ0) is 15.5. The molecule has 0 spiro atoms. The van der Waals surface area contributed by atoms with Crippen LogP contribution >= 0.6 is 11.6 Å². The first-order valence-electron chi connectivity index (χ1n) is 7.78. The zero-order valence-corrected chi connectivity index (χ0v) is 14.1. The predicted octanol–water partition coefficient (Wildman–Crippen LogP) is 4.00. The van der Waals surface area contributed by atoms with Crippen molar-refractivity contribution in [1.29, 1.82) is 0 Å². The molecule has 4 heteroatoms. The number of hydrogen-bond acceptors (Lipinski definition) is 3. The van der Waals surface area contributed by atoms with Crippen molar-refractivity contribution in [3.05, 3.63) is 28.8 Å². The van der Waals surface area contributed by atoms with Gasteiger partial charge in [-0.3, -0.25) is 0 Å². The van der Waals surface area contributed by atoms with E-state index in [0.717, 1.165) is 24.2 Å². The smallest absolute Gasteiger partial charge is 0.123 e. The van der Waals surface area contributed by atoms with E-state index >= 15 is 0 Å². The summed E-state index contributed by atoms with van der Waals surface area (Å²) in [5.74, 6) is 0.831. The Morgan fingerprint density at radius 2 is 1.81 bits per heavy atom. The fourth-order valence-corrected chi connectivity index (χ4v) is 3.80. The van der Waals surface area contributed by atoms with E-state index in [1.165, 1.54) is 25.7 Å². The molecule has 1 aliphatic rings. The van der Waals surface area contributed by atoms with Crippen molar-refractivity contribution in [3.8, 4) is 5.75 Å². The summed E-state index contributed by atoms with van der Waals surface area (Å²) in [6.07, 6.45) is 7.31. The lowest BCUT2D eigenvalue weighted by Crippen LogP contribution is -2.52. The lowest BCUT2D eigenvalue weighted by Gasteiger charge is -2.44. The van der Waals surface area contributed by atoms with Gasteiger partial charge < -0.3 is 15.4 Å². The highest BCUT2D eigenvalue weighted by molar-refractivity contribution is 6.30. The highest BCUT2D eigenvalue weighted by Crippen LogP contribution is 2.42. The third-order valence-electron chi connectivity index (χ3n) is 4.97. The van der Waals surface area contributed by atoms with E-state index in [1.54, 1.807) is 7.11 Å². The van der Waals surface area contributed by atoms with Crippen LogP contribution in [0.2, 0.25) is 5.02 Å². The molecule has 2 N–H and O–H groups in total. The number of likely N-dealkylation sites (N-methyl/N-ethyl adjacent to an activating group) is 1. The molecule has 1 aromatic carbocycles. The fourth-order valence-electron chi connectivity index (χ4n) is 3.61. The van der Waals surface area contributed by atoms with Crippen LogP contribution in [0.25, 0.3) is 0 Å². The minimum Gasteiger partial charge on any atom is -0.496 e. The van der Waals surface area contributed by atoms with E-state index in [0.29, 0.717) is 5.02 Å². The normalized spacial score (nSPS) is 20.1. The molecular weight excluding hydrogens is 284 g/mol. The van der Waals surface area contributed by atoms with Crippen molar-refractivity contribution >= 4 is 11.6 Å². The van der Waals surface area contributed by atoms with Crippen LogP contribution in [0.5, 0.6) is 5.75 Å². The highest BCUT2D eigenvalue weighted by Gasteiger charge is 2.40. The SMILES string of the molecule is COc1ccc(Cl)cc1C(N)C1(N(C)C)CCCCCC1. The molecule has 0 amide bonds. The van der Waals surface area contributed by atoms with Gasteiger partial charge in [0.1, 0.15) is 5.75 Å². The fraction of sp³-hybridized carbons (Fsp3) is 0.647. The number of nitrogens with zero attached hydrogens (tertiary/aromatic N) is 1. The van der Waals surface area contributed by atoms with E-state index in [-0.39, 0.29) is 11.6 Å². The van der Waals surface area contributed by atoms with Gasteiger partial charge in [0.2, 0.25) is 0 Å². The van der Waals surface area contributed by atoms with Gasteiger partial charge in [0, 0.05) is 16.1 Å². The molecule has 0 aliphatic heterocycles. The number of ether oxygens (including phenoxy) is 1. The summed E-state index contributed by atoms with van der Waals surface area (Å²) < 4.78 is 5.51. The molecule has 1 aliphatic carbocycles. The standard InChI is InChI=1S/C17H27ClN2O/c1-20(2)17(10-6-4-5-7-11-17)16(19)14-12-13(18)8-9-15(14)21-3/h8-9,12,16H,4-7,10-11,19H2,1-3H3. The molecule has 21 heavy (non-hydrogen) atoms. The Morgan fingerprint density at radius 3 is 2.33 bits per heavy atom. The van der Waals surface area contributed by atoms with Crippen molar-refractivity contribution < 1.29 is 4.74 Å². The first-order valence-corrected chi connectivity index (χ1v) is 8.15. The van der Waals surface area contributed by atoms with Crippen LogP contribution in [-0.2, 0) is 0 Å². The second kappa shape index (κ2) is 6.99. The van der Waals surface area contributed by atoms with E-state index < -0.39 is 0 Å². The highest BCUT2D eigenvalue weighted by atomic mass is 35.5. The molecule has 1 fully saturated rings. The molecule has 0 saturated heterocycles. The molecule has 118 valence electrons. The third kappa shape index (κ3) is 3.36. The molecule has 1 saturated carbocycles. The number of rotatable bonds is 4. The number of hydrogen-bond donors (Lipinski definition) is 1. The van der Waals surface area contributed by atoms with Crippen LogP contribution in [0.3, 0.4) is 0 Å². The van der Waals surface area contributed by atoms with Gasteiger partial charge in [0.05, 0.1) is 13.2 Å². The average Bonchev–Trinajstić information content (AvgIpc) is 2.73. The summed E-state index contributed by atoms with van der Waals surface area (Å²) in [5.41, 5.74) is 7.74. The number of benzene rings is 1. The van der Waals surface area contributed by atoms with E-state index in [4.69, 9.17) is 22.1 Å². The minimum absolute atomic E-state index is 0.0194. The monoisotopic (exact) mass is 310 g/mol. The Hall–Kier alpha value is -0.770. The van der Waals surface area contributed by atoms with Crippen molar-refractivity contribution in [2.75, 3.05) is 21.2 Å². The molecule has 2 rings (SSSR count). The lowest BCUT2D eigenvalue weighted by molar-refractivity contribution is 0.0958. The van der Waals surface area contributed by atoms with Gasteiger partial charge in [-0.05, 0) is 45.1 Å². The van der Waals surface area contributed by atoms with Crippen LogP contribution in [0.1, 0.15) is 50.1 Å². The summed E-state index contributed by atoms with van der Waals surface area (Å²) in [6, 6.07) is 5.63. The lowest BCUT2D eigenvalue weighted by atomic mass is 9.78. The average molecular weight is 311 g/mol. The summed E-state index contributed by atoms with van der Waals surface area (Å²) >= 11 is 6.19. The van der Waals surface area contributed by atoms with Crippen molar-refractivity contribution in [1.82, 2.24) is 4.90 Å². The van der Waals surface area contributed by atoms with E-state index in [1.807, 2.05) is 18.2 Å². The maximum atomic E-state index is 6.74. The topological polar surface area (TPSA) is 38.5 Å². The van der Waals surface area contributed by atoms with Gasteiger partial charge in [-0.15, -0.1) is 0 Å². The van der Waals surface area contributed by atoms with Gasteiger partial charge in [0.25, 0.3) is 0 Å². The van der Waals surface area contributed by atoms with Gasteiger partial charge in [-0.1, -0.05) is 37.3 Å². The Labute approximate surface area is 133 Å². The number of nitrogens with two attached hydrogens (primary N) is 1. The second-order valence-corrected chi connectivity index (χ2v) is 6.71. The summed E-state index contributed by atoms with van der Waals surface area (Å²) in [7, 11) is 5.97. The van der Waals surface area contributed by atoms with Crippen LogP contribution in [0.15, 0.2) is 18.2 Å². The van der Waals surface area contributed by atoms with Gasteiger partial charge in [0.15, 0.2) is 0 Å². The summed E-state index contributed by atoms with van der Waals surface area (Å²) in [5, 5.41) is 0.712. The van der Waals surface area contributed by atoms with Crippen molar-refractivity contribution in [2.24, 2.45) is 5.73 Å². The largest absolute Gasteiger partial charge is 0.496 e. The Balaban J connectivity index is 2.42. The van der Waals surface area contributed by atoms with E-state index in [2.05, 4.69) is 19.0 Å². The van der Waals surface area contributed by atoms with Gasteiger partial charge >= 0.3 is 0 Å². The van der Waals surface area contributed by atoms with Crippen molar-refractivity contribution in [2.45, 2.75) is 50.1 Å². The minimum atomic E-state index is -0.0979. The zero-order valence-electron chi connectivity index (χ0n) is 13.4. The Kier molecular flexibility index (Phi) is 5.53. The maximum Gasteiger partial charge on any atom is 0.123 e. The molecule has 0 radical (unpaired) electrons. The maximum absolute atomic E-state index is 6.74. The van der Waals surface area contributed by atoms with Crippen LogP contribution < -0.4 is 10.5 Å².